The molecular weight excluding hydrogens is 242 g/mol. The van der Waals surface area contributed by atoms with Gasteiger partial charge in [-0.25, -0.2) is 0 Å². The van der Waals surface area contributed by atoms with Crippen LogP contribution in [0.2, 0.25) is 5.02 Å². The van der Waals surface area contributed by atoms with Crippen LogP contribution in [0.3, 0.4) is 0 Å². The van der Waals surface area contributed by atoms with E-state index in [4.69, 9.17) is 16.7 Å². The van der Waals surface area contributed by atoms with Gasteiger partial charge >= 0.3 is 0 Å². The van der Waals surface area contributed by atoms with Gasteiger partial charge in [-0.1, -0.05) is 29.8 Å². The standard InChI is InChI=1S/C12H18ClNOS/c1-14-11(8-15)6-7-16-9-10-4-2-3-5-12(10)13/h2-5,11,14-15H,6-9H2,1H3. The summed E-state index contributed by atoms with van der Waals surface area (Å²) in [6, 6.07) is 8.13. The third-order valence-electron chi connectivity index (χ3n) is 2.45. The first-order valence-corrected chi connectivity index (χ1v) is 6.90. The van der Waals surface area contributed by atoms with Crippen molar-refractivity contribution in [2.45, 2.75) is 18.2 Å². The lowest BCUT2D eigenvalue weighted by atomic mass is 10.2. The van der Waals surface area contributed by atoms with Crippen LogP contribution in [-0.4, -0.2) is 30.6 Å². The topological polar surface area (TPSA) is 32.3 Å². The van der Waals surface area contributed by atoms with Gasteiger partial charge in [-0.2, -0.15) is 11.8 Å². The molecule has 1 aromatic rings. The zero-order valence-electron chi connectivity index (χ0n) is 9.45. The number of thioether (sulfide) groups is 1. The number of hydrogen-bond acceptors (Lipinski definition) is 3. The molecule has 0 radical (unpaired) electrons. The molecule has 1 rings (SSSR count). The molecule has 0 spiro atoms. The molecule has 16 heavy (non-hydrogen) atoms. The Labute approximate surface area is 106 Å². The van der Waals surface area contributed by atoms with Gasteiger partial charge in [0.1, 0.15) is 0 Å². The van der Waals surface area contributed by atoms with Gasteiger partial charge in [0.2, 0.25) is 0 Å². The summed E-state index contributed by atoms with van der Waals surface area (Å²) in [4.78, 5) is 0. The fourth-order valence-electron chi connectivity index (χ4n) is 1.35. The van der Waals surface area contributed by atoms with E-state index in [0.717, 1.165) is 22.9 Å². The van der Waals surface area contributed by atoms with Crippen LogP contribution in [0.1, 0.15) is 12.0 Å². The molecule has 0 aliphatic rings. The third-order valence-corrected chi connectivity index (χ3v) is 3.86. The van der Waals surface area contributed by atoms with E-state index in [1.165, 1.54) is 5.56 Å². The third kappa shape index (κ3) is 4.74. The van der Waals surface area contributed by atoms with Crippen molar-refractivity contribution in [2.75, 3.05) is 19.4 Å². The van der Waals surface area contributed by atoms with Crippen molar-refractivity contribution in [3.8, 4) is 0 Å². The molecule has 0 aromatic heterocycles. The van der Waals surface area contributed by atoms with E-state index in [9.17, 15) is 0 Å². The van der Waals surface area contributed by atoms with E-state index in [2.05, 4.69) is 11.4 Å². The second-order valence-electron chi connectivity index (χ2n) is 3.60. The highest BCUT2D eigenvalue weighted by Gasteiger charge is 2.04. The van der Waals surface area contributed by atoms with E-state index in [1.54, 1.807) is 0 Å². The molecule has 0 aliphatic heterocycles. The zero-order valence-corrected chi connectivity index (χ0v) is 11.0. The Bertz CT molecular complexity index is 305. The maximum absolute atomic E-state index is 8.99. The van der Waals surface area contributed by atoms with Crippen LogP contribution in [0.25, 0.3) is 0 Å². The fraction of sp³-hybridized carbons (Fsp3) is 0.500. The SMILES string of the molecule is CNC(CO)CCSCc1ccccc1Cl. The molecule has 0 heterocycles. The molecule has 0 saturated heterocycles. The normalized spacial score (nSPS) is 12.7. The molecule has 0 fully saturated rings. The number of likely N-dealkylation sites (N-methyl/N-ethyl adjacent to an activating group) is 1. The summed E-state index contributed by atoms with van der Waals surface area (Å²) >= 11 is 7.90. The maximum atomic E-state index is 8.99. The number of hydrogen-bond donors (Lipinski definition) is 2. The minimum absolute atomic E-state index is 0.198. The summed E-state index contributed by atoms with van der Waals surface area (Å²) in [5.41, 5.74) is 1.18. The number of nitrogens with one attached hydrogen (secondary N) is 1. The Morgan fingerprint density at radius 3 is 2.81 bits per heavy atom. The van der Waals surface area contributed by atoms with Gasteiger partial charge in [0.05, 0.1) is 6.61 Å². The fourth-order valence-corrected chi connectivity index (χ4v) is 2.70. The molecule has 0 bridgehead atoms. The number of halogens is 1. The molecule has 2 N–H and O–H groups in total. The molecular formula is C12H18ClNOS. The van der Waals surface area contributed by atoms with E-state index in [-0.39, 0.29) is 12.6 Å². The van der Waals surface area contributed by atoms with Crippen molar-refractivity contribution in [3.05, 3.63) is 34.9 Å². The van der Waals surface area contributed by atoms with Crippen molar-refractivity contribution in [2.24, 2.45) is 0 Å². The molecule has 4 heteroatoms. The summed E-state index contributed by atoms with van der Waals surface area (Å²) in [6.07, 6.45) is 0.974. The first-order chi connectivity index (χ1) is 7.77. The Balaban J connectivity index is 2.23. The summed E-state index contributed by atoms with van der Waals surface area (Å²) < 4.78 is 0. The Kier molecular flexibility index (Phi) is 6.88. The van der Waals surface area contributed by atoms with Crippen molar-refractivity contribution >= 4 is 23.4 Å². The van der Waals surface area contributed by atoms with Crippen molar-refractivity contribution in [1.29, 1.82) is 0 Å². The van der Waals surface area contributed by atoms with Gasteiger partial charge in [0, 0.05) is 16.8 Å². The van der Waals surface area contributed by atoms with E-state index < -0.39 is 0 Å². The van der Waals surface area contributed by atoms with Gasteiger partial charge in [-0.05, 0) is 30.9 Å². The quantitative estimate of drug-likeness (QED) is 0.738. The average molecular weight is 260 g/mol. The van der Waals surface area contributed by atoms with Crippen LogP contribution in [-0.2, 0) is 5.75 Å². The lowest BCUT2D eigenvalue weighted by molar-refractivity contribution is 0.246. The highest BCUT2D eigenvalue weighted by molar-refractivity contribution is 7.98. The second kappa shape index (κ2) is 7.96. The Morgan fingerprint density at radius 2 is 2.19 bits per heavy atom. The van der Waals surface area contributed by atoms with Gasteiger partial charge in [0.25, 0.3) is 0 Å². The first kappa shape index (κ1) is 13.8. The lowest BCUT2D eigenvalue weighted by Crippen LogP contribution is -2.29. The van der Waals surface area contributed by atoms with E-state index in [0.29, 0.717) is 0 Å². The van der Waals surface area contributed by atoms with Crippen LogP contribution < -0.4 is 5.32 Å². The molecule has 0 aliphatic carbocycles. The molecule has 1 aromatic carbocycles. The van der Waals surface area contributed by atoms with Gasteiger partial charge < -0.3 is 10.4 Å². The summed E-state index contributed by atoms with van der Waals surface area (Å²) in [5, 5.41) is 12.9. The van der Waals surface area contributed by atoms with Gasteiger partial charge in [-0.15, -0.1) is 0 Å². The largest absolute Gasteiger partial charge is 0.395 e. The summed E-state index contributed by atoms with van der Waals surface area (Å²) in [7, 11) is 1.87. The zero-order chi connectivity index (χ0) is 11.8. The Morgan fingerprint density at radius 1 is 1.44 bits per heavy atom. The van der Waals surface area contributed by atoms with Crippen molar-refractivity contribution < 1.29 is 5.11 Å². The van der Waals surface area contributed by atoms with Crippen molar-refractivity contribution in [1.82, 2.24) is 5.32 Å². The molecule has 1 atom stereocenters. The molecule has 0 amide bonds. The number of aliphatic hydroxyl groups excluding tert-OH is 1. The average Bonchev–Trinajstić information content (AvgIpc) is 2.31. The van der Waals surface area contributed by atoms with Crippen LogP contribution in [0.15, 0.2) is 24.3 Å². The van der Waals surface area contributed by atoms with Gasteiger partial charge in [-0.3, -0.25) is 0 Å². The smallest absolute Gasteiger partial charge is 0.0584 e. The minimum atomic E-state index is 0.198. The minimum Gasteiger partial charge on any atom is -0.395 e. The van der Waals surface area contributed by atoms with Crippen LogP contribution in [0.4, 0.5) is 0 Å². The second-order valence-corrected chi connectivity index (χ2v) is 5.11. The maximum Gasteiger partial charge on any atom is 0.0584 e. The lowest BCUT2D eigenvalue weighted by Gasteiger charge is -2.12. The number of aliphatic hydroxyl groups is 1. The number of benzene rings is 1. The summed E-state index contributed by atoms with van der Waals surface area (Å²) in [5.74, 6) is 1.96. The number of rotatable bonds is 7. The van der Waals surface area contributed by atoms with Crippen molar-refractivity contribution in [3.63, 3.8) is 0 Å². The molecule has 1 unspecified atom stereocenters. The van der Waals surface area contributed by atoms with Gasteiger partial charge in [0.15, 0.2) is 0 Å². The Hall–Kier alpha value is -0.220. The van der Waals surface area contributed by atoms with Crippen LogP contribution in [0, 0.1) is 0 Å². The first-order valence-electron chi connectivity index (χ1n) is 5.37. The highest BCUT2D eigenvalue weighted by Crippen LogP contribution is 2.21. The molecule has 90 valence electrons. The van der Waals surface area contributed by atoms with E-state index >= 15 is 0 Å². The molecule has 0 saturated carbocycles. The van der Waals surface area contributed by atoms with Crippen LogP contribution in [0.5, 0.6) is 0 Å². The highest BCUT2D eigenvalue weighted by atomic mass is 35.5. The van der Waals surface area contributed by atoms with E-state index in [1.807, 2.05) is 37.0 Å². The predicted molar refractivity (Wildman–Crippen MR) is 72.2 cm³/mol. The monoisotopic (exact) mass is 259 g/mol. The predicted octanol–water partition coefficient (Wildman–Crippen LogP) is 2.54. The van der Waals surface area contributed by atoms with Crippen LogP contribution >= 0.6 is 23.4 Å². The molecule has 2 nitrogen and oxygen atoms in total. The summed E-state index contributed by atoms with van der Waals surface area (Å²) in [6.45, 7) is 0.198.